The molecule has 2 N–H and O–H groups in total. The molecule has 1 heterocycles. The monoisotopic (exact) mass is 400 g/mol. The third-order valence-corrected chi connectivity index (χ3v) is 4.37. The zero-order valence-electron chi connectivity index (χ0n) is 17.3. The van der Waals surface area contributed by atoms with E-state index in [2.05, 4.69) is 15.6 Å². The molecule has 0 aliphatic carbocycles. The van der Waals surface area contributed by atoms with Crippen molar-refractivity contribution in [3.8, 4) is 11.5 Å². The lowest BCUT2D eigenvalue weighted by Gasteiger charge is -2.14. The summed E-state index contributed by atoms with van der Waals surface area (Å²) in [6.45, 7) is 5.05. The summed E-state index contributed by atoms with van der Waals surface area (Å²) in [5.41, 5.74) is 2.49. The van der Waals surface area contributed by atoms with Gasteiger partial charge >= 0.3 is 0 Å². The van der Waals surface area contributed by atoms with E-state index in [4.69, 9.17) is 9.47 Å². The number of aliphatic imine (C=N–C) groups is 1. The highest BCUT2D eigenvalue weighted by Gasteiger charge is 2.11. The highest BCUT2D eigenvalue weighted by atomic mass is 19.1. The molecule has 1 aliphatic heterocycles. The van der Waals surface area contributed by atoms with Crippen LogP contribution in [0.25, 0.3) is 0 Å². The van der Waals surface area contributed by atoms with E-state index in [1.54, 1.807) is 6.07 Å². The molecular weight excluding hydrogens is 371 g/mol. The topological polar surface area (TPSA) is 58.1 Å². The van der Waals surface area contributed by atoms with Crippen LogP contribution >= 0.6 is 0 Å². The average Bonchev–Trinajstić information content (AvgIpc) is 2.93. The van der Waals surface area contributed by atoms with Crippen LogP contribution in [0.5, 0.6) is 11.5 Å². The number of hydrogen-bond donors (Lipinski definition) is 2. The summed E-state index contributed by atoms with van der Waals surface area (Å²) < 4.78 is 25.4. The Bertz CT molecular complexity index is 855. The lowest BCUT2D eigenvalue weighted by Crippen LogP contribution is -2.30. The molecule has 0 amide bonds. The smallest absolute Gasteiger partial charge is 0.196 e. The molecule has 0 aromatic heterocycles. The number of guanidine groups is 1. The Hall–Kier alpha value is -2.80. The van der Waals surface area contributed by atoms with Gasteiger partial charge in [-0.05, 0) is 50.8 Å². The summed E-state index contributed by atoms with van der Waals surface area (Å²) in [6, 6.07) is 10.9. The summed E-state index contributed by atoms with van der Waals surface area (Å²) in [4.78, 5) is 6.59. The van der Waals surface area contributed by atoms with Crippen molar-refractivity contribution >= 4 is 11.6 Å². The summed E-state index contributed by atoms with van der Waals surface area (Å²) in [6.07, 6.45) is 0.870. The van der Waals surface area contributed by atoms with Gasteiger partial charge in [0.05, 0.1) is 19.8 Å². The van der Waals surface area contributed by atoms with E-state index in [0.29, 0.717) is 37.8 Å². The fourth-order valence-corrected chi connectivity index (χ4v) is 3.04. The summed E-state index contributed by atoms with van der Waals surface area (Å²) in [7, 11) is 3.85. The van der Waals surface area contributed by atoms with Gasteiger partial charge in [-0.3, -0.25) is 0 Å². The minimum Gasteiger partial charge on any atom is -0.490 e. The Kier molecular flexibility index (Phi) is 7.30. The van der Waals surface area contributed by atoms with E-state index in [0.717, 1.165) is 35.7 Å². The number of ether oxygens (including phenoxy) is 2. The number of nitrogens with one attached hydrogen (secondary N) is 2. The number of rotatable bonds is 6. The SMILES string of the molecule is CCNC(=NCc1ccc(F)c(CN(C)C)c1)Nc1ccc2c(c1)OCCCO2. The maximum Gasteiger partial charge on any atom is 0.196 e. The summed E-state index contributed by atoms with van der Waals surface area (Å²) in [5, 5.41) is 6.54. The molecule has 7 heteroatoms. The standard InChI is InChI=1S/C22H29FN4O2/c1-4-24-22(25-14-16-6-8-19(23)17(12-16)15-27(2)3)26-18-7-9-20-21(13-18)29-11-5-10-28-20/h6-9,12-13H,4-5,10-11,14-15H2,1-3H3,(H2,24,25,26). The molecule has 0 atom stereocenters. The number of halogens is 1. The van der Waals surface area contributed by atoms with E-state index >= 15 is 0 Å². The molecule has 2 aromatic carbocycles. The van der Waals surface area contributed by atoms with Crippen molar-refractivity contribution in [3.63, 3.8) is 0 Å². The van der Waals surface area contributed by atoms with Crippen LogP contribution in [-0.4, -0.2) is 44.7 Å². The van der Waals surface area contributed by atoms with Crippen molar-refractivity contribution in [1.82, 2.24) is 10.2 Å². The predicted octanol–water partition coefficient (Wildman–Crippen LogP) is 3.63. The molecule has 0 fully saturated rings. The molecule has 6 nitrogen and oxygen atoms in total. The second-order valence-electron chi connectivity index (χ2n) is 7.20. The lowest BCUT2D eigenvalue weighted by atomic mass is 10.1. The fraction of sp³-hybridized carbons (Fsp3) is 0.409. The Morgan fingerprint density at radius 1 is 1.10 bits per heavy atom. The minimum absolute atomic E-state index is 0.191. The van der Waals surface area contributed by atoms with Gasteiger partial charge in [-0.15, -0.1) is 0 Å². The van der Waals surface area contributed by atoms with Crippen LogP contribution in [0, 0.1) is 5.82 Å². The lowest BCUT2D eigenvalue weighted by molar-refractivity contribution is 0.297. The van der Waals surface area contributed by atoms with Gasteiger partial charge in [0.25, 0.3) is 0 Å². The summed E-state index contributed by atoms with van der Waals surface area (Å²) >= 11 is 0. The molecule has 3 rings (SSSR count). The Morgan fingerprint density at radius 2 is 1.90 bits per heavy atom. The number of benzene rings is 2. The molecule has 0 unspecified atom stereocenters. The first-order chi connectivity index (χ1) is 14.0. The molecule has 0 radical (unpaired) electrons. The van der Waals surface area contributed by atoms with Gasteiger partial charge in [0.2, 0.25) is 0 Å². The molecule has 29 heavy (non-hydrogen) atoms. The van der Waals surface area contributed by atoms with Crippen LogP contribution in [0.1, 0.15) is 24.5 Å². The van der Waals surface area contributed by atoms with Crippen LogP contribution in [-0.2, 0) is 13.1 Å². The van der Waals surface area contributed by atoms with Crippen LogP contribution in [0.3, 0.4) is 0 Å². The molecule has 0 saturated carbocycles. The Labute approximate surface area is 171 Å². The first kappa shape index (κ1) is 20.9. The van der Waals surface area contributed by atoms with Crippen molar-refractivity contribution in [2.75, 3.05) is 39.2 Å². The Balaban J connectivity index is 1.73. The number of anilines is 1. The van der Waals surface area contributed by atoms with E-state index in [9.17, 15) is 4.39 Å². The van der Waals surface area contributed by atoms with Crippen LogP contribution in [0.4, 0.5) is 10.1 Å². The fourth-order valence-electron chi connectivity index (χ4n) is 3.04. The largest absolute Gasteiger partial charge is 0.490 e. The Morgan fingerprint density at radius 3 is 2.66 bits per heavy atom. The first-order valence-electron chi connectivity index (χ1n) is 9.92. The van der Waals surface area contributed by atoms with Crippen molar-refractivity contribution in [3.05, 3.63) is 53.3 Å². The zero-order chi connectivity index (χ0) is 20.6. The van der Waals surface area contributed by atoms with Crippen molar-refractivity contribution < 1.29 is 13.9 Å². The van der Waals surface area contributed by atoms with E-state index in [-0.39, 0.29) is 5.82 Å². The second kappa shape index (κ2) is 10.1. The van der Waals surface area contributed by atoms with Gasteiger partial charge in [0.15, 0.2) is 17.5 Å². The van der Waals surface area contributed by atoms with Gasteiger partial charge < -0.3 is 25.0 Å². The second-order valence-corrected chi connectivity index (χ2v) is 7.20. The quantitative estimate of drug-likeness (QED) is 0.573. The number of hydrogen-bond acceptors (Lipinski definition) is 4. The molecule has 0 bridgehead atoms. The third-order valence-electron chi connectivity index (χ3n) is 4.37. The maximum atomic E-state index is 14.0. The van der Waals surface area contributed by atoms with Gasteiger partial charge in [0, 0.05) is 36.8 Å². The predicted molar refractivity (Wildman–Crippen MR) is 114 cm³/mol. The normalized spacial score (nSPS) is 13.9. The zero-order valence-corrected chi connectivity index (χ0v) is 17.3. The minimum atomic E-state index is -0.191. The van der Waals surface area contributed by atoms with Crippen LogP contribution in [0.2, 0.25) is 0 Å². The highest BCUT2D eigenvalue weighted by Crippen LogP contribution is 2.32. The summed E-state index contributed by atoms with van der Waals surface area (Å²) in [5.74, 6) is 1.95. The molecule has 0 saturated heterocycles. The van der Waals surface area contributed by atoms with Crippen LogP contribution < -0.4 is 20.1 Å². The van der Waals surface area contributed by atoms with Crippen molar-refractivity contribution in [1.29, 1.82) is 0 Å². The maximum absolute atomic E-state index is 14.0. The van der Waals surface area contributed by atoms with Crippen LogP contribution in [0.15, 0.2) is 41.4 Å². The van der Waals surface area contributed by atoms with E-state index in [1.807, 2.05) is 50.2 Å². The number of nitrogens with zero attached hydrogens (tertiary/aromatic N) is 2. The first-order valence-corrected chi connectivity index (χ1v) is 9.92. The number of fused-ring (bicyclic) bond motifs is 1. The third kappa shape index (κ3) is 6.09. The van der Waals surface area contributed by atoms with Crippen molar-refractivity contribution in [2.24, 2.45) is 4.99 Å². The van der Waals surface area contributed by atoms with Gasteiger partial charge in [-0.2, -0.15) is 0 Å². The van der Waals surface area contributed by atoms with Crippen molar-refractivity contribution in [2.45, 2.75) is 26.4 Å². The molecule has 156 valence electrons. The average molecular weight is 400 g/mol. The highest BCUT2D eigenvalue weighted by molar-refractivity contribution is 5.93. The molecule has 2 aromatic rings. The van der Waals surface area contributed by atoms with E-state index in [1.165, 1.54) is 6.07 Å². The molecular formula is C22H29FN4O2. The van der Waals surface area contributed by atoms with Gasteiger partial charge in [-0.1, -0.05) is 6.07 Å². The molecule has 1 aliphatic rings. The van der Waals surface area contributed by atoms with Gasteiger partial charge in [-0.25, -0.2) is 9.38 Å². The molecule has 0 spiro atoms. The van der Waals surface area contributed by atoms with E-state index < -0.39 is 0 Å². The van der Waals surface area contributed by atoms with Gasteiger partial charge in [0.1, 0.15) is 5.82 Å².